The van der Waals surface area contributed by atoms with Gasteiger partial charge in [0.2, 0.25) is 0 Å². The standard InChI is InChI=1S/C16H22N2/c1-17(2)15-9-5-13(6-10-15)14-7-11-16(12-8-14)18(3)4/h5-14H,1-4H3/q+1. The quantitative estimate of drug-likeness (QED) is 0.673. The van der Waals surface area contributed by atoms with Crippen LogP contribution in [0.15, 0.2) is 48.6 Å². The monoisotopic (exact) mass is 242 g/mol. The maximum Gasteiger partial charge on any atom is 0.198 e. The fraction of sp³-hybridized carbons (Fsp3) is 0.375. The zero-order valence-corrected chi connectivity index (χ0v) is 11.7. The second kappa shape index (κ2) is 5.49. The summed E-state index contributed by atoms with van der Waals surface area (Å²) in [6.07, 6.45) is 18.0. The number of likely N-dealkylation sites (N-methyl/N-ethyl adjacent to an activating group) is 1. The summed E-state index contributed by atoms with van der Waals surface area (Å²) in [6.45, 7) is 0. The molecular weight excluding hydrogens is 220 g/mol. The Morgan fingerprint density at radius 1 is 0.833 bits per heavy atom. The van der Waals surface area contributed by atoms with E-state index in [1.54, 1.807) is 0 Å². The molecule has 2 aliphatic rings. The van der Waals surface area contributed by atoms with E-state index in [9.17, 15) is 0 Å². The highest BCUT2D eigenvalue weighted by atomic mass is 15.1. The van der Waals surface area contributed by atoms with Crippen LogP contribution >= 0.6 is 0 Å². The summed E-state index contributed by atoms with van der Waals surface area (Å²) in [5.74, 6) is 0.954. The number of allylic oxidation sites excluding steroid dienone is 6. The van der Waals surface area contributed by atoms with E-state index in [-0.39, 0.29) is 0 Å². The van der Waals surface area contributed by atoms with E-state index in [1.165, 1.54) is 11.8 Å². The lowest BCUT2D eigenvalue weighted by Gasteiger charge is -2.24. The Labute approximate surface area is 110 Å². The first-order valence-corrected chi connectivity index (χ1v) is 6.39. The van der Waals surface area contributed by atoms with Crippen molar-refractivity contribution in [1.82, 2.24) is 4.90 Å². The fourth-order valence-corrected chi connectivity index (χ4v) is 2.19. The maximum absolute atomic E-state index is 2.29. The van der Waals surface area contributed by atoms with Gasteiger partial charge in [-0.15, -0.1) is 0 Å². The molecule has 0 fully saturated rings. The van der Waals surface area contributed by atoms with Gasteiger partial charge in [0.15, 0.2) is 5.71 Å². The Bertz CT molecular complexity index is 416. The van der Waals surface area contributed by atoms with E-state index in [4.69, 9.17) is 0 Å². The molecule has 0 spiro atoms. The van der Waals surface area contributed by atoms with Crippen molar-refractivity contribution in [2.24, 2.45) is 11.8 Å². The van der Waals surface area contributed by atoms with Gasteiger partial charge in [-0.2, -0.15) is 0 Å². The second-order valence-electron chi connectivity index (χ2n) is 5.23. The molecule has 18 heavy (non-hydrogen) atoms. The smallest absolute Gasteiger partial charge is 0.198 e. The first-order valence-electron chi connectivity index (χ1n) is 6.39. The van der Waals surface area contributed by atoms with Crippen molar-refractivity contribution in [1.29, 1.82) is 0 Å². The highest BCUT2D eigenvalue weighted by Crippen LogP contribution is 2.26. The van der Waals surface area contributed by atoms with E-state index in [0.29, 0.717) is 11.8 Å². The van der Waals surface area contributed by atoms with Crippen LogP contribution in [0, 0.1) is 17.9 Å². The van der Waals surface area contributed by atoms with Crippen LogP contribution in [0.5, 0.6) is 0 Å². The molecule has 0 aromatic carbocycles. The van der Waals surface area contributed by atoms with Gasteiger partial charge in [-0.05, 0) is 14.1 Å². The van der Waals surface area contributed by atoms with Crippen LogP contribution in [0.1, 0.15) is 0 Å². The average molecular weight is 242 g/mol. The minimum Gasteiger partial charge on any atom is -0.295 e. The van der Waals surface area contributed by atoms with Gasteiger partial charge in [0, 0.05) is 24.0 Å². The molecule has 0 amide bonds. The summed E-state index contributed by atoms with van der Waals surface area (Å²) in [7, 11) is 8.29. The van der Waals surface area contributed by atoms with Crippen LogP contribution in [0.4, 0.5) is 0 Å². The van der Waals surface area contributed by atoms with Crippen LogP contribution in [-0.4, -0.2) is 43.4 Å². The summed E-state index contributed by atoms with van der Waals surface area (Å²) in [6, 6.07) is 1.26. The summed E-state index contributed by atoms with van der Waals surface area (Å²) in [4.78, 5) is 2.13. The predicted molar refractivity (Wildman–Crippen MR) is 77.6 cm³/mol. The van der Waals surface area contributed by atoms with Gasteiger partial charge in [-0.1, -0.05) is 36.5 Å². The van der Waals surface area contributed by atoms with Gasteiger partial charge in [-0.3, -0.25) is 4.90 Å². The zero-order chi connectivity index (χ0) is 13.1. The molecule has 0 aromatic heterocycles. The van der Waals surface area contributed by atoms with Crippen LogP contribution in [0.2, 0.25) is 0 Å². The number of nitrogens with zero attached hydrogens (tertiary/aromatic N) is 2. The predicted octanol–water partition coefficient (Wildman–Crippen LogP) is 2.28. The third kappa shape index (κ3) is 2.88. The lowest BCUT2D eigenvalue weighted by Crippen LogP contribution is -2.20. The minimum absolute atomic E-state index is 0.477. The van der Waals surface area contributed by atoms with Crippen LogP contribution in [0.25, 0.3) is 0 Å². The van der Waals surface area contributed by atoms with Crippen molar-refractivity contribution in [3.63, 3.8) is 0 Å². The highest BCUT2D eigenvalue weighted by molar-refractivity contribution is 6.01. The van der Waals surface area contributed by atoms with Crippen molar-refractivity contribution < 1.29 is 4.58 Å². The lowest BCUT2D eigenvalue weighted by molar-refractivity contribution is -0.462. The largest absolute Gasteiger partial charge is 0.295 e. The molecule has 0 aliphatic heterocycles. The molecule has 2 rings (SSSR count). The Morgan fingerprint density at radius 3 is 1.67 bits per heavy atom. The Kier molecular flexibility index (Phi) is 3.97. The molecule has 0 unspecified atom stereocenters. The summed E-state index contributed by atoms with van der Waals surface area (Å²) in [5, 5.41) is 0. The third-order valence-electron chi connectivity index (χ3n) is 3.43. The van der Waals surface area contributed by atoms with E-state index >= 15 is 0 Å². The molecular formula is C16H22N2+. The summed E-state index contributed by atoms with van der Waals surface area (Å²) >= 11 is 0. The van der Waals surface area contributed by atoms with Crippen molar-refractivity contribution in [2.75, 3.05) is 28.2 Å². The zero-order valence-electron chi connectivity index (χ0n) is 11.7. The van der Waals surface area contributed by atoms with Crippen LogP contribution < -0.4 is 0 Å². The molecule has 0 N–H and O–H groups in total. The lowest BCUT2D eigenvalue weighted by atomic mass is 9.85. The Morgan fingerprint density at radius 2 is 1.28 bits per heavy atom. The molecule has 95 valence electrons. The Hall–Kier alpha value is -1.41. The van der Waals surface area contributed by atoms with Crippen LogP contribution in [0.3, 0.4) is 0 Å². The van der Waals surface area contributed by atoms with Gasteiger partial charge in [-0.25, -0.2) is 4.58 Å². The van der Waals surface area contributed by atoms with Gasteiger partial charge < -0.3 is 0 Å². The molecule has 0 saturated heterocycles. The summed E-state index contributed by atoms with van der Waals surface area (Å²) in [5.41, 5.74) is 1.26. The SMILES string of the molecule is CN(C)[C]1C=CC(C2C=CC(=[N+](C)C)C=C2)C=C1. The van der Waals surface area contributed by atoms with Crippen molar-refractivity contribution >= 4 is 5.71 Å². The first-order chi connectivity index (χ1) is 8.58. The minimum atomic E-state index is 0.477. The average Bonchev–Trinajstić information content (AvgIpc) is 2.39. The fourth-order valence-electron chi connectivity index (χ4n) is 2.19. The molecule has 0 atom stereocenters. The van der Waals surface area contributed by atoms with Gasteiger partial charge in [0.1, 0.15) is 14.1 Å². The molecule has 1 radical (unpaired) electrons. The highest BCUT2D eigenvalue weighted by Gasteiger charge is 2.19. The third-order valence-corrected chi connectivity index (χ3v) is 3.43. The molecule has 0 saturated carbocycles. The van der Waals surface area contributed by atoms with Crippen LogP contribution in [-0.2, 0) is 0 Å². The van der Waals surface area contributed by atoms with Gasteiger partial charge in [0.05, 0.1) is 6.04 Å². The number of hydrogen-bond acceptors (Lipinski definition) is 1. The Balaban J connectivity index is 2.03. The van der Waals surface area contributed by atoms with Crippen molar-refractivity contribution in [3.8, 4) is 0 Å². The second-order valence-corrected chi connectivity index (χ2v) is 5.23. The summed E-state index contributed by atoms with van der Waals surface area (Å²) < 4.78 is 2.13. The topological polar surface area (TPSA) is 6.25 Å². The maximum atomic E-state index is 2.29. The van der Waals surface area contributed by atoms with Crippen molar-refractivity contribution in [3.05, 3.63) is 54.7 Å². The van der Waals surface area contributed by atoms with Gasteiger partial charge in [0.25, 0.3) is 0 Å². The molecule has 0 heterocycles. The van der Waals surface area contributed by atoms with E-state index in [0.717, 1.165) is 0 Å². The first kappa shape index (κ1) is 13.0. The van der Waals surface area contributed by atoms with Crippen molar-refractivity contribution in [2.45, 2.75) is 0 Å². The van der Waals surface area contributed by atoms with E-state index in [2.05, 4.69) is 86.3 Å². The molecule has 2 nitrogen and oxygen atoms in total. The van der Waals surface area contributed by atoms with Gasteiger partial charge >= 0.3 is 0 Å². The normalized spacial score (nSPS) is 24.3. The molecule has 0 aromatic rings. The van der Waals surface area contributed by atoms with E-state index in [1.807, 2.05) is 0 Å². The molecule has 2 heteroatoms. The number of hydrogen-bond donors (Lipinski definition) is 0. The van der Waals surface area contributed by atoms with E-state index < -0.39 is 0 Å². The molecule has 0 bridgehead atoms. The molecule has 2 aliphatic carbocycles. The number of rotatable bonds is 2.